The highest BCUT2D eigenvalue weighted by Gasteiger charge is 2.23. The van der Waals surface area contributed by atoms with Crippen LogP contribution in [-0.4, -0.2) is 26.4 Å². The number of halogens is 2. The van der Waals surface area contributed by atoms with Crippen molar-refractivity contribution in [3.8, 4) is 0 Å². The first kappa shape index (κ1) is 22.3. The lowest BCUT2D eigenvalue weighted by molar-refractivity contribution is 0.0941. The van der Waals surface area contributed by atoms with Crippen LogP contribution in [0.5, 0.6) is 0 Å². The van der Waals surface area contributed by atoms with Gasteiger partial charge in [0.1, 0.15) is 0 Å². The molecule has 132 valence electrons. The maximum Gasteiger partial charge on any atom is 0.251 e. The molecule has 0 saturated carbocycles. The molecule has 9 heteroatoms. The lowest BCUT2D eigenvalue weighted by atomic mass is 9.94. The molecule has 0 spiro atoms. The number of rotatable bonds is 6. The summed E-state index contributed by atoms with van der Waals surface area (Å²) < 4.78 is 23.7. The molecule has 23 heavy (non-hydrogen) atoms. The van der Waals surface area contributed by atoms with Crippen LogP contribution in [0.25, 0.3) is 0 Å². The van der Waals surface area contributed by atoms with Gasteiger partial charge in [0.05, 0.1) is 4.90 Å². The number of primary sulfonamides is 1. The van der Waals surface area contributed by atoms with E-state index in [1.165, 1.54) is 6.07 Å². The Morgan fingerprint density at radius 2 is 1.83 bits per heavy atom. The molecule has 5 N–H and O–H groups in total. The highest BCUT2D eigenvalue weighted by Crippen LogP contribution is 2.24. The summed E-state index contributed by atoms with van der Waals surface area (Å²) in [4.78, 5) is 12.3. The van der Waals surface area contributed by atoms with Gasteiger partial charge in [-0.15, -0.1) is 12.4 Å². The molecule has 0 unspecified atom stereocenters. The van der Waals surface area contributed by atoms with E-state index in [1.807, 2.05) is 13.8 Å². The van der Waals surface area contributed by atoms with Crippen LogP contribution in [0.3, 0.4) is 0 Å². The lowest BCUT2D eigenvalue weighted by Crippen LogP contribution is -2.49. The maximum absolute atomic E-state index is 12.4. The van der Waals surface area contributed by atoms with Gasteiger partial charge >= 0.3 is 0 Å². The van der Waals surface area contributed by atoms with Crippen molar-refractivity contribution < 1.29 is 13.2 Å². The van der Waals surface area contributed by atoms with Gasteiger partial charge < -0.3 is 11.1 Å². The van der Waals surface area contributed by atoms with Gasteiger partial charge in [-0.25, -0.2) is 13.6 Å². The van der Waals surface area contributed by atoms with Crippen molar-refractivity contribution in [2.45, 2.75) is 44.0 Å². The summed E-state index contributed by atoms with van der Waals surface area (Å²) in [7, 11) is -3.90. The molecule has 0 heterocycles. The minimum atomic E-state index is -3.90. The molecule has 0 atom stereocenters. The van der Waals surface area contributed by atoms with Crippen molar-refractivity contribution in [1.82, 2.24) is 5.32 Å². The van der Waals surface area contributed by atoms with Gasteiger partial charge in [-0.05, 0) is 37.5 Å². The molecule has 0 radical (unpaired) electrons. The molecule has 0 aliphatic heterocycles. The number of carbonyl (C=O) groups is 1. The molecule has 0 bridgehead atoms. The normalized spacial score (nSPS) is 11.7. The summed E-state index contributed by atoms with van der Waals surface area (Å²) >= 11 is 3.20. The highest BCUT2D eigenvalue weighted by atomic mass is 79.9. The van der Waals surface area contributed by atoms with Gasteiger partial charge in [-0.1, -0.05) is 29.8 Å². The van der Waals surface area contributed by atoms with Crippen LogP contribution < -0.4 is 16.2 Å². The van der Waals surface area contributed by atoms with Crippen LogP contribution in [0.15, 0.2) is 21.5 Å². The molecule has 1 aromatic carbocycles. The second-order valence-electron chi connectivity index (χ2n) is 5.37. The number of nitrogens with one attached hydrogen (secondary N) is 1. The lowest BCUT2D eigenvalue weighted by Gasteiger charge is -2.27. The Kier molecular flexibility index (Phi) is 8.19. The summed E-state index contributed by atoms with van der Waals surface area (Å²) in [5.74, 6) is -0.375. The first-order valence-electron chi connectivity index (χ1n) is 6.94. The smallest absolute Gasteiger partial charge is 0.251 e. The van der Waals surface area contributed by atoms with Crippen LogP contribution in [0.4, 0.5) is 0 Å². The number of carbonyl (C=O) groups excluding carboxylic acids is 1. The Morgan fingerprint density at radius 3 is 2.26 bits per heavy atom. The van der Waals surface area contributed by atoms with Gasteiger partial charge in [-0.2, -0.15) is 0 Å². The topological polar surface area (TPSA) is 115 Å². The Labute approximate surface area is 152 Å². The zero-order valence-corrected chi connectivity index (χ0v) is 16.6. The fourth-order valence-corrected chi connectivity index (χ4v) is 3.47. The van der Waals surface area contributed by atoms with E-state index in [9.17, 15) is 13.2 Å². The van der Waals surface area contributed by atoms with Gasteiger partial charge in [0.15, 0.2) is 0 Å². The van der Waals surface area contributed by atoms with E-state index in [1.54, 1.807) is 13.0 Å². The molecule has 0 aliphatic rings. The van der Waals surface area contributed by atoms with E-state index in [4.69, 9.17) is 10.9 Å². The minimum Gasteiger partial charge on any atom is -0.350 e. The summed E-state index contributed by atoms with van der Waals surface area (Å²) in [5, 5.41) is 7.95. The highest BCUT2D eigenvalue weighted by molar-refractivity contribution is 9.10. The molecular formula is C14H23BrClN3O3S. The predicted octanol–water partition coefficient (Wildman–Crippen LogP) is 2.07. The molecule has 1 amide bonds. The van der Waals surface area contributed by atoms with Crippen LogP contribution in [0.1, 0.15) is 42.6 Å². The zero-order valence-electron chi connectivity index (χ0n) is 13.3. The minimum absolute atomic E-state index is 0. The predicted molar refractivity (Wildman–Crippen MR) is 97.3 cm³/mol. The maximum atomic E-state index is 12.4. The fourth-order valence-electron chi connectivity index (χ4n) is 2.04. The van der Waals surface area contributed by atoms with Crippen molar-refractivity contribution in [2.24, 2.45) is 10.9 Å². The monoisotopic (exact) mass is 427 g/mol. The van der Waals surface area contributed by atoms with E-state index in [0.717, 1.165) is 12.8 Å². The van der Waals surface area contributed by atoms with Crippen molar-refractivity contribution in [2.75, 3.05) is 6.54 Å². The van der Waals surface area contributed by atoms with Crippen molar-refractivity contribution in [1.29, 1.82) is 0 Å². The summed E-state index contributed by atoms with van der Waals surface area (Å²) in [6, 6.07) is 2.95. The Morgan fingerprint density at radius 1 is 1.30 bits per heavy atom. The quantitative estimate of drug-likeness (QED) is 0.643. The van der Waals surface area contributed by atoms with Crippen LogP contribution >= 0.6 is 28.3 Å². The Bertz CT molecular complexity index is 676. The average Bonchev–Trinajstić information content (AvgIpc) is 2.45. The summed E-state index contributed by atoms with van der Waals surface area (Å²) in [6.07, 6.45) is 1.45. The molecule has 1 rings (SSSR count). The zero-order chi connectivity index (χ0) is 17.1. The van der Waals surface area contributed by atoms with E-state index in [-0.39, 0.29) is 28.8 Å². The third-order valence-corrected chi connectivity index (χ3v) is 5.38. The van der Waals surface area contributed by atoms with E-state index in [2.05, 4.69) is 21.2 Å². The molecule has 1 aromatic rings. The number of benzene rings is 1. The van der Waals surface area contributed by atoms with E-state index in [0.29, 0.717) is 16.6 Å². The molecule has 0 aliphatic carbocycles. The van der Waals surface area contributed by atoms with Crippen molar-refractivity contribution in [3.05, 3.63) is 27.7 Å². The first-order valence-corrected chi connectivity index (χ1v) is 9.28. The largest absolute Gasteiger partial charge is 0.350 e. The van der Waals surface area contributed by atoms with Crippen LogP contribution in [-0.2, 0) is 10.0 Å². The standard InChI is InChI=1S/C14H22BrN3O3S.ClH/c1-4-14(16,5-2)8-18-13(19)11-6-10(15)7-12(9(11)3)22(17,20)21;/h6-7H,4-5,8,16H2,1-3H3,(H,18,19)(H2,17,20,21);1H. The second kappa shape index (κ2) is 8.43. The van der Waals surface area contributed by atoms with Gasteiger partial charge in [0.2, 0.25) is 10.0 Å². The van der Waals surface area contributed by atoms with E-state index >= 15 is 0 Å². The molecule has 0 saturated heterocycles. The third kappa shape index (κ3) is 5.72. The first-order chi connectivity index (χ1) is 10.0. The Balaban J connectivity index is 0.00000484. The van der Waals surface area contributed by atoms with Crippen LogP contribution in [0, 0.1) is 6.92 Å². The summed E-state index contributed by atoms with van der Waals surface area (Å²) in [5.41, 5.74) is 6.25. The fraction of sp³-hybridized carbons (Fsp3) is 0.500. The van der Waals surface area contributed by atoms with Gasteiger partial charge in [0.25, 0.3) is 5.91 Å². The second-order valence-corrected chi connectivity index (χ2v) is 7.82. The molecule has 0 aromatic heterocycles. The molecule has 0 fully saturated rings. The van der Waals surface area contributed by atoms with E-state index < -0.39 is 15.6 Å². The average molecular weight is 429 g/mol. The molecular weight excluding hydrogens is 406 g/mol. The van der Waals surface area contributed by atoms with Crippen LogP contribution in [0.2, 0.25) is 0 Å². The number of amides is 1. The third-order valence-electron chi connectivity index (χ3n) is 3.89. The Hall–Kier alpha value is -0.670. The molecule has 6 nitrogen and oxygen atoms in total. The number of sulfonamides is 1. The number of nitrogens with two attached hydrogens (primary N) is 2. The number of hydrogen-bond acceptors (Lipinski definition) is 4. The van der Waals surface area contributed by atoms with Gasteiger partial charge in [0, 0.05) is 22.1 Å². The SMILES string of the molecule is CCC(N)(CC)CNC(=O)c1cc(Br)cc(S(N)(=O)=O)c1C.Cl. The van der Waals surface area contributed by atoms with Gasteiger partial charge in [-0.3, -0.25) is 4.79 Å². The summed E-state index contributed by atoms with van der Waals surface area (Å²) in [6.45, 7) is 5.78. The van der Waals surface area contributed by atoms with Crippen molar-refractivity contribution in [3.63, 3.8) is 0 Å². The number of hydrogen-bond donors (Lipinski definition) is 3. The van der Waals surface area contributed by atoms with Crippen molar-refractivity contribution >= 4 is 44.3 Å².